The maximum atomic E-state index is 11.9. The third-order valence-electron chi connectivity index (χ3n) is 2.72. The second-order valence-electron chi connectivity index (χ2n) is 3.70. The van der Waals surface area contributed by atoms with Gasteiger partial charge in [0.15, 0.2) is 0 Å². The molecule has 0 aromatic heterocycles. The number of methoxy groups -OCH3 is 1. The summed E-state index contributed by atoms with van der Waals surface area (Å²) >= 11 is 0. The van der Waals surface area contributed by atoms with Gasteiger partial charge in [0.05, 0.1) is 12.8 Å². The first-order valence-electron chi connectivity index (χ1n) is 5.66. The monoisotopic (exact) mass is 221 g/mol. The van der Waals surface area contributed by atoms with Crippen molar-refractivity contribution in [3.8, 4) is 5.75 Å². The number of hydrogen-bond acceptors (Lipinski definition) is 2. The van der Waals surface area contributed by atoms with Gasteiger partial charge in [-0.2, -0.15) is 0 Å². The predicted molar refractivity (Wildman–Crippen MR) is 65.7 cm³/mol. The molecule has 0 bridgehead atoms. The summed E-state index contributed by atoms with van der Waals surface area (Å²) < 4.78 is 5.18. The molecule has 3 heteroatoms. The topological polar surface area (TPSA) is 38.3 Å². The number of anilines is 1. The van der Waals surface area contributed by atoms with E-state index in [2.05, 4.69) is 5.32 Å². The van der Waals surface area contributed by atoms with E-state index in [1.54, 1.807) is 7.11 Å². The molecule has 0 aliphatic heterocycles. The molecule has 0 unspecified atom stereocenters. The Morgan fingerprint density at radius 2 is 1.94 bits per heavy atom. The Balaban J connectivity index is 2.76. The smallest absolute Gasteiger partial charge is 0.227 e. The van der Waals surface area contributed by atoms with Crippen molar-refractivity contribution in [3.05, 3.63) is 24.3 Å². The number of para-hydroxylation sites is 2. The van der Waals surface area contributed by atoms with Gasteiger partial charge in [0.1, 0.15) is 5.75 Å². The minimum atomic E-state index is 0.0644. The van der Waals surface area contributed by atoms with Crippen LogP contribution in [0.4, 0.5) is 5.69 Å². The summed E-state index contributed by atoms with van der Waals surface area (Å²) in [6, 6.07) is 7.44. The Morgan fingerprint density at radius 3 is 2.50 bits per heavy atom. The lowest BCUT2D eigenvalue weighted by Gasteiger charge is -2.14. The number of carbonyl (C=O) groups is 1. The Morgan fingerprint density at radius 1 is 1.31 bits per heavy atom. The van der Waals surface area contributed by atoms with Crippen LogP contribution in [0.1, 0.15) is 26.7 Å². The molecule has 1 rings (SSSR count). The van der Waals surface area contributed by atoms with Crippen LogP contribution in [0.25, 0.3) is 0 Å². The van der Waals surface area contributed by atoms with Gasteiger partial charge in [0.2, 0.25) is 5.91 Å². The van der Waals surface area contributed by atoms with Gasteiger partial charge in [-0.15, -0.1) is 0 Å². The summed E-state index contributed by atoms with van der Waals surface area (Å²) in [4.78, 5) is 11.9. The second-order valence-corrected chi connectivity index (χ2v) is 3.70. The lowest BCUT2D eigenvalue weighted by atomic mass is 10.0. The van der Waals surface area contributed by atoms with Crippen LogP contribution in [0.15, 0.2) is 24.3 Å². The molecule has 16 heavy (non-hydrogen) atoms. The van der Waals surface area contributed by atoms with Crippen molar-refractivity contribution in [2.24, 2.45) is 5.92 Å². The fourth-order valence-electron chi connectivity index (χ4n) is 1.64. The van der Waals surface area contributed by atoms with Crippen LogP contribution in [-0.4, -0.2) is 13.0 Å². The normalized spacial score (nSPS) is 10.2. The van der Waals surface area contributed by atoms with E-state index in [1.165, 1.54) is 0 Å². The summed E-state index contributed by atoms with van der Waals surface area (Å²) in [7, 11) is 1.60. The van der Waals surface area contributed by atoms with Gasteiger partial charge in [-0.25, -0.2) is 0 Å². The average molecular weight is 221 g/mol. The van der Waals surface area contributed by atoms with Gasteiger partial charge in [-0.1, -0.05) is 26.0 Å². The fraction of sp³-hybridized carbons (Fsp3) is 0.462. The van der Waals surface area contributed by atoms with Gasteiger partial charge in [0.25, 0.3) is 0 Å². The van der Waals surface area contributed by atoms with E-state index in [0.29, 0.717) is 5.75 Å². The molecule has 1 aromatic rings. The third kappa shape index (κ3) is 2.99. The van der Waals surface area contributed by atoms with Crippen molar-refractivity contribution in [2.75, 3.05) is 12.4 Å². The zero-order valence-electron chi connectivity index (χ0n) is 10.1. The van der Waals surface area contributed by atoms with E-state index < -0.39 is 0 Å². The minimum absolute atomic E-state index is 0.0644. The van der Waals surface area contributed by atoms with Gasteiger partial charge in [-0.05, 0) is 25.0 Å². The van der Waals surface area contributed by atoms with Crippen molar-refractivity contribution in [1.29, 1.82) is 0 Å². The van der Waals surface area contributed by atoms with E-state index in [1.807, 2.05) is 38.1 Å². The van der Waals surface area contributed by atoms with Crippen molar-refractivity contribution >= 4 is 11.6 Å². The number of nitrogens with one attached hydrogen (secondary N) is 1. The minimum Gasteiger partial charge on any atom is -0.495 e. The molecule has 0 radical (unpaired) electrons. The van der Waals surface area contributed by atoms with Crippen LogP contribution >= 0.6 is 0 Å². The van der Waals surface area contributed by atoms with Crippen LogP contribution in [0.2, 0.25) is 0 Å². The third-order valence-corrected chi connectivity index (χ3v) is 2.72. The Kier molecular flexibility index (Phi) is 4.83. The molecule has 1 amide bonds. The fourth-order valence-corrected chi connectivity index (χ4v) is 1.64. The second kappa shape index (κ2) is 6.16. The zero-order valence-corrected chi connectivity index (χ0v) is 10.1. The Labute approximate surface area is 96.8 Å². The summed E-state index contributed by atoms with van der Waals surface area (Å²) in [6.45, 7) is 4.05. The van der Waals surface area contributed by atoms with Crippen molar-refractivity contribution in [3.63, 3.8) is 0 Å². The molecular formula is C13H19NO2. The van der Waals surface area contributed by atoms with Crippen LogP contribution in [0.3, 0.4) is 0 Å². The molecule has 88 valence electrons. The van der Waals surface area contributed by atoms with E-state index in [0.717, 1.165) is 18.5 Å². The number of amides is 1. The zero-order chi connectivity index (χ0) is 12.0. The highest BCUT2D eigenvalue weighted by atomic mass is 16.5. The standard InChI is InChI=1S/C13H19NO2/c1-4-10(5-2)13(15)14-11-8-6-7-9-12(11)16-3/h6-10H,4-5H2,1-3H3,(H,14,15). The van der Waals surface area contributed by atoms with Gasteiger partial charge >= 0.3 is 0 Å². The number of benzene rings is 1. The first-order chi connectivity index (χ1) is 7.72. The summed E-state index contributed by atoms with van der Waals surface area (Å²) in [5.41, 5.74) is 0.738. The van der Waals surface area contributed by atoms with Gasteiger partial charge in [-0.3, -0.25) is 4.79 Å². The van der Waals surface area contributed by atoms with Crippen LogP contribution < -0.4 is 10.1 Å². The van der Waals surface area contributed by atoms with Crippen LogP contribution in [-0.2, 0) is 4.79 Å². The largest absolute Gasteiger partial charge is 0.495 e. The maximum Gasteiger partial charge on any atom is 0.227 e. The van der Waals surface area contributed by atoms with Crippen molar-refractivity contribution in [1.82, 2.24) is 0 Å². The van der Waals surface area contributed by atoms with Crippen LogP contribution in [0, 0.1) is 5.92 Å². The molecule has 1 aromatic carbocycles. The number of carbonyl (C=O) groups excluding carboxylic acids is 1. The first-order valence-corrected chi connectivity index (χ1v) is 5.66. The van der Waals surface area contributed by atoms with Gasteiger partial charge in [0, 0.05) is 5.92 Å². The van der Waals surface area contributed by atoms with Gasteiger partial charge < -0.3 is 10.1 Å². The molecule has 1 N–H and O–H groups in total. The molecule has 0 spiro atoms. The maximum absolute atomic E-state index is 11.9. The van der Waals surface area contributed by atoms with E-state index in [-0.39, 0.29) is 11.8 Å². The highest BCUT2D eigenvalue weighted by molar-refractivity contribution is 5.93. The number of ether oxygens (including phenoxy) is 1. The molecular weight excluding hydrogens is 202 g/mol. The van der Waals surface area contributed by atoms with E-state index in [4.69, 9.17) is 4.74 Å². The van der Waals surface area contributed by atoms with Crippen molar-refractivity contribution < 1.29 is 9.53 Å². The molecule has 0 saturated heterocycles. The van der Waals surface area contributed by atoms with E-state index >= 15 is 0 Å². The Bertz CT molecular complexity index is 346. The molecule has 3 nitrogen and oxygen atoms in total. The predicted octanol–water partition coefficient (Wildman–Crippen LogP) is 3.07. The quantitative estimate of drug-likeness (QED) is 0.829. The molecule has 0 aliphatic rings. The molecule has 0 aliphatic carbocycles. The highest BCUT2D eigenvalue weighted by Crippen LogP contribution is 2.24. The lowest BCUT2D eigenvalue weighted by Crippen LogP contribution is -2.21. The summed E-state index contributed by atoms with van der Waals surface area (Å²) in [6.07, 6.45) is 1.72. The number of rotatable bonds is 5. The highest BCUT2D eigenvalue weighted by Gasteiger charge is 2.15. The molecule has 0 atom stereocenters. The van der Waals surface area contributed by atoms with Crippen molar-refractivity contribution in [2.45, 2.75) is 26.7 Å². The molecule has 0 heterocycles. The SMILES string of the molecule is CCC(CC)C(=O)Nc1ccccc1OC. The van der Waals surface area contributed by atoms with E-state index in [9.17, 15) is 4.79 Å². The van der Waals surface area contributed by atoms with Crippen LogP contribution in [0.5, 0.6) is 5.75 Å². The summed E-state index contributed by atoms with van der Waals surface area (Å²) in [5, 5.41) is 2.90. The molecule has 0 fully saturated rings. The summed E-state index contributed by atoms with van der Waals surface area (Å²) in [5.74, 6) is 0.834. The lowest BCUT2D eigenvalue weighted by molar-refractivity contribution is -0.120. The Hall–Kier alpha value is -1.51. The first kappa shape index (κ1) is 12.6. The average Bonchev–Trinajstić information content (AvgIpc) is 2.31. The number of hydrogen-bond donors (Lipinski definition) is 1. The molecule has 0 saturated carbocycles.